The molecule has 92 valence electrons. The maximum atomic E-state index is 6.03. The van der Waals surface area contributed by atoms with Crippen LogP contribution in [0, 0.1) is 6.92 Å². The van der Waals surface area contributed by atoms with E-state index in [0.717, 1.165) is 32.3 Å². The number of hydrogen-bond donors (Lipinski definition) is 2. The fraction of sp³-hybridized carbons (Fsp3) is 0.154. The molecule has 0 saturated carbocycles. The second-order valence-corrected chi connectivity index (χ2v) is 5.21. The number of nitrogen functional groups attached to an aromatic ring is 1. The molecule has 0 aliphatic carbocycles. The molecule has 0 atom stereocenters. The van der Waals surface area contributed by atoms with Gasteiger partial charge in [0.2, 0.25) is 0 Å². The van der Waals surface area contributed by atoms with Gasteiger partial charge in [-0.2, -0.15) is 5.10 Å². The molecule has 18 heavy (non-hydrogen) atoms. The van der Waals surface area contributed by atoms with Crippen LogP contribution in [0.5, 0.6) is 0 Å². The summed E-state index contributed by atoms with van der Waals surface area (Å²) in [6.07, 6.45) is 1.68. The lowest BCUT2D eigenvalue weighted by atomic mass is 10.1. The first-order valence-corrected chi connectivity index (χ1v) is 6.43. The highest BCUT2D eigenvalue weighted by molar-refractivity contribution is 9.10. The van der Waals surface area contributed by atoms with Gasteiger partial charge >= 0.3 is 0 Å². The van der Waals surface area contributed by atoms with Gasteiger partial charge in [0.05, 0.1) is 17.6 Å². The zero-order valence-electron chi connectivity index (χ0n) is 10.2. The number of nitrogens with one attached hydrogen (secondary N) is 1. The van der Waals surface area contributed by atoms with Crippen molar-refractivity contribution >= 4 is 32.5 Å². The van der Waals surface area contributed by atoms with E-state index in [0.29, 0.717) is 5.69 Å². The number of aromatic amines is 1. The lowest BCUT2D eigenvalue weighted by Crippen LogP contribution is -1.96. The lowest BCUT2D eigenvalue weighted by Gasteiger charge is -2.05. The Bertz CT molecular complexity index is 719. The van der Waals surface area contributed by atoms with E-state index in [1.807, 2.05) is 30.8 Å². The van der Waals surface area contributed by atoms with Crippen molar-refractivity contribution in [3.8, 4) is 11.3 Å². The van der Waals surface area contributed by atoms with Gasteiger partial charge in [-0.25, -0.2) is 0 Å². The van der Waals surface area contributed by atoms with E-state index in [-0.39, 0.29) is 0 Å². The first-order valence-electron chi connectivity index (χ1n) is 5.64. The molecule has 3 N–H and O–H groups in total. The van der Waals surface area contributed by atoms with Crippen molar-refractivity contribution in [1.82, 2.24) is 14.8 Å². The molecule has 4 nitrogen and oxygen atoms in total. The SMILES string of the molecule is Cc1[nH]c2cccc(Br)c2c1-c1c(N)cnn1C. The quantitative estimate of drug-likeness (QED) is 0.725. The monoisotopic (exact) mass is 304 g/mol. The molecule has 0 saturated heterocycles. The number of halogens is 1. The van der Waals surface area contributed by atoms with Crippen molar-refractivity contribution in [2.24, 2.45) is 7.05 Å². The fourth-order valence-electron chi connectivity index (χ4n) is 2.39. The summed E-state index contributed by atoms with van der Waals surface area (Å²) in [4.78, 5) is 3.38. The van der Waals surface area contributed by atoms with Crippen LogP contribution in [0.15, 0.2) is 28.9 Å². The number of aryl methyl sites for hydroxylation is 2. The maximum Gasteiger partial charge on any atom is 0.0933 e. The van der Waals surface area contributed by atoms with Crippen molar-refractivity contribution in [1.29, 1.82) is 0 Å². The highest BCUT2D eigenvalue weighted by atomic mass is 79.9. The molecule has 0 amide bonds. The van der Waals surface area contributed by atoms with Crippen LogP contribution in [0.2, 0.25) is 0 Å². The molecule has 2 heterocycles. The maximum absolute atomic E-state index is 6.03. The third-order valence-electron chi connectivity index (χ3n) is 3.16. The molecule has 0 bridgehead atoms. The minimum Gasteiger partial charge on any atom is -0.396 e. The Morgan fingerprint density at radius 1 is 1.39 bits per heavy atom. The molecule has 3 aromatic rings. The van der Waals surface area contributed by atoms with Crippen LogP contribution in [0.1, 0.15) is 5.69 Å². The van der Waals surface area contributed by atoms with E-state index in [2.05, 4.69) is 32.1 Å². The van der Waals surface area contributed by atoms with E-state index in [4.69, 9.17) is 5.73 Å². The van der Waals surface area contributed by atoms with Crippen LogP contribution in [0.3, 0.4) is 0 Å². The number of anilines is 1. The van der Waals surface area contributed by atoms with E-state index in [9.17, 15) is 0 Å². The van der Waals surface area contributed by atoms with Gasteiger partial charge in [0.25, 0.3) is 0 Å². The van der Waals surface area contributed by atoms with Gasteiger partial charge in [-0.3, -0.25) is 4.68 Å². The number of aromatic nitrogens is 3. The van der Waals surface area contributed by atoms with Gasteiger partial charge in [-0.15, -0.1) is 0 Å². The highest BCUT2D eigenvalue weighted by Gasteiger charge is 2.18. The smallest absolute Gasteiger partial charge is 0.0933 e. The second-order valence-electron chi connectivity index (χ2n) is 4.36. The van der Waals surface area contributed by atoms with Crippen LogP contribution in [-0.2, 0) is 7.05 Å². The van der Waals surface area contributed by atoms with E-state index in [1.54, 1.807) is 6.20 Å². The predicted octanol–water partition coefficient (Wildman–Crippen LogP) is 3.22. The van der Waals surface area contributed by atoms with Crippen LogP contribution in [0.4, 0.5) is 5.69 Å². The molecule has 0 aliphatic rings. The summed E-state index contributed by atoms with van der Waals surface area (Å²) >= 11 is 3.61. The number of fused-ring (bicyclic) bond motifs is 1. The number of hydrogen-bond acceptors (Lipinski definition) is 2. The number of rotatable bonds is 1. The Hall–Kier alpha value is -1.75. The Balaban J connectivity index is 2.46. The standard InChI is InChI=1S/C13H13BrN4/c1-7-11(13-9(15)6-16-18(13)2)12-8(14)4-3-5-10(12)17-7/h3-6,17H,15H2,1-2H3. The van der Waals surface area contributed by atoms with Crippen molar-refractivity contribution in [2.45, 2.75) is 6.92 Å². The molecule has 1 aromatic carbocycles. The van der Waals surface area contributed by atoms with Crippen molar-refractivity contribution in [3.63, 3.8) is 0 Å². The Morgan fingerprint density at radius 2 is 2.17 bits per heavy atom. The average Bonchev–Trinajstić information content (AvgIpc) is 2.80. The fourth-order valence-corrected chi connectivity index (χ4v) is 2.96. The van der Waals surface area contributed by atoms with Gasteiger partial charge in [-0.1, -0.05) is 22.0 Å². The molecule has 0 spiro atoms. The average molecular weight is 305 g/mol. The summed E-state index contributed by atoms with van der Waals surface area (Å²) in [6, 6.07) is 6.10. The largest absolute Gasteiger partial charge is 0.396 e. The van der Waals surface area contributed by atoms with Gasteiger partial charge < -0.3 is 10.7 Å². The zero-order valence-corrected chi connectivity index (χ0v) is 11.7. The predicted molar refractivity (Wildman–Crippen MR) is 77.4 cm³/mol. The van der Waals surface area contributed by atoms with E-state index >= 15 is 0 Å². The van der Waals surface area contributed by atoms with Gasteiger partial charge in [-0.05, 0) is 19.1 Å². The minimum atomic E-state index is 0.692. The summed E-state index contributed by atoms with van der Waals surface area (Å²) in [5, 5.41) is 5.36. The third-order valence-corrected chi connectivity index (χ3v) is 3.83. The van der Waals surface area contributed by atoms with Crippen molar-refractivity contribution < 1.29 is 0 Å². The van der Waals surface area contributed by atoms with Crippen molar-refractivity contribution in [3.05, 3.63) is 34.6 Å². The molecule has 5 heteroatoms. The van der Waals surface area contributed by atoms with Gasteiger partial charge in [0, 0.05) is 33.7 Å². The summed E-state index contributed by atoms with van der Waals surface area (Å²) in [6.45, 7) is 2.05. The molecular formula is C13H13BrN4. The molecule has 0 radical (unpaired) electrons. The Labute approximate surface area is 113 Å². The third kappa shape index (κ3) is 1.47. The molecule has 0 unspecified atom stereocenters. The van der Waals surface area contributed by atoms with Gasteiger partial charge in [0.1, 0.15) is 0 Å². The summed E-state index contributed by atoms with van der Waals surface area (Å²) in [7, 11) is 1.90. The molecule has 2 aromatic heterocycles. The minimum absolute atomic E-state index is 0.692. The number of nitrogens with zero attached hydrogens (tertiary/aromatic N) is 2. The van der Waals surface area contributed by atoms with Crippen LogP contribution < -0.4 is 5.73 Å². The van der Waals surface area contributed by atoms with E-state index < -0.39 is 0 Å². The second kappa shape index (κ2) is 3.88. The van der Waals surface area contributed by atoms with Crippen LogP contribution >= 0.6 is 15.9 Å². The summed E-state index contributed by atoms with van der Waals surface area (Å²) in [5.74, 6) is 0. The molecule has 0 fully saturated rings. The van der Waals surface area contributed by atoms with Crippen molar-refractivity contribution in [2.75, 3.05) is 5.73 Å². The van der Waals surface area contributed by atoms with Crippen LogP contribution in [-0.4, -0.2) is 14.8 Å². The zero-order chi connectivity index (χ0) is 12.9. The first-order chi connectivity index (χ1) is 8.59. The topological polar surface area (TPSA) is 59.6 Å². The highest BCUT2D eigenvalue weighted by Crippen LogP contribution is 2.38. The molecular weight excluding hydrogens is 292 g/mol. The number of nitrogens with two attached hydrogens (primary N) is 1. The molecule has 3 rings (SSSR count). The molecule has 0 aliphatic heterocycles. The number of benzene rings is 1. The Morgan fingerprint density at radius 3 is 2.83 bits per heavy atom. The lowest BCUT2D eigenvalue weighted by molar-refractivity contribution is 0.776. The summed E-state index contributed by atoms with van der Waals surface area (Å²) < 4.78 is 2.87. The Kier molecular flexibility index (Phi) is 2.45. The number of H-pyrrole nitrogens is 1. The first kappa shape index (κ1) is 11.3. The summed E-state index contributed by atoms with van der Waals surface area (Å²) in [5.41, 5.74) is 11.0. The normalized spacial score (nSPS) is 11.3. The van der Waals surface area contributed by atoms with E-state index in [1.165, 1.54) is 0 Å². The van der Waals surface area contributed by atoms with Gasteiger partial charge in [0.15, 0.2) is 0 Å². The van der Waals surface area contributed by atoms with Crippen LogP contribution in [0.25, 0.3) is 22.2 Å².